The lowest BCUT2D eigenvalue weighted by atomic mass is 10.0. The molecular weight excluding hydrogens is 478 g/mol. The van der Waals surface area contributed by atoms with Crippen LogP contribution in [0.15, 0.2) is 54.6 Å². The summed E-state index contributed by atoms with van der Waals surface area (Å²) in [5, 5.41) is 7.11. The van der Waals surface area contributed by atoms with Gasteiger partial charge >= 0.3 is 6.03 Å². The Labute approximate surface area is 217 Å². The SMILES string of the molecule is CCC[C@H]1C(=O)N(Cc2cccc(Cl)c2)C[C@H]2N1C(=O)CN(CCC)N2C(=O)NCc1ccccc1. The van der Waals surface area contributed by atoms with E-state index in [1.807, 2.05) is 67.4 Å². The molecule has 2 saturated heterocycles. The Morgan fingerprint density at radius 2 is 1.78 bits per heavy atom. The summed E-state index contributed by atoms with van der Waals surface area (Å²) in [6.45, 7) is 5.63. The molecule has 0 unspecified atom stereocenters. The Kier molecular flexibility index (Phi) is 8.48. The number of amides is 4. The molecular formula is C27H34ClN5O3. The van der Waals surface area contributed by atoms with Gasteiger partial charge in [0.1, 0.15) is 12.2 Å². The molecule has 0 spiro atoms. The number of benzene rings is 2. The zero-order valence-electron chi connectivity index (χ0n) is 20.9. The highest BCUT2D eigenvalue weighted by Crippen LogP contribution is 2.29. The van der Waals surface area contributed by atoms with Gasteiger partial charge in [-0.15, -0.1) is 0 Å². The first-order chi connectivity index (χ1) is 17.4. The average molecular weight is 512 g/mol. The second-order valence-electron chi connectivity index (χ2n) is 9.31. The topological polar surface area (TPSA) is 76.2 Å². The van der Waals surface area contributed by atoms with Crippen LogP contribution in [0.4, 0.5) is 4.79 Å². The summed E-state index contributed by atoms with van der Waals surface area (Å²) in [4.78, 5) is 43.9. The standard InChI is InChI=1S/C27H34ClN5O3/c1-3-9-23-26(35)30(17-21-12-8-13-22(28)15-21)18-24-32(23)25(34)19-31(14-4-2)33(24)27(36)29-16-20-10-6-5-7-11-20/h5-8,10-13,15,23-24H,3-4,9,14,16-19H2,1-2H3,(H,29,36)/t23-,24-/m0/s1. The van der Waals surface area contributed by atoms with E-state index in [0.29, 0.717) is 31.1 Å². The Morgan fingerprint density at radius 3 is 2.47 bits per heavy atom. The fraction of sp³-hybridized carbons (Fsp3) is 0.444. The quantitative estimate of drug-likeness (QED) is 0.584. The van der Waals surface area contributed by atoms with Crippen molar-refractivity contribution in [2.24, 2.45) is 0 Å². The van der Waals surface area contributed by atoms with E-state index >= 15 is 0 Å². The zero-order chi connectivity index (χ0) is 25.7. The van der Waals surface area contributed by atoms with E-state index in [1.54, 1.807) is 20.9 Å². The minimum absolute atomic E-state index is 0.0743. The maximum atomic E-state index is 13.6. The molecule has 4 rings (SSSR count). The number of piperazine rings is 1. The lowest BCUT2D eigenvalue weighted by Crippen LogP contribution is -2.76. The molecule has 36 heavy (non-hydrogen) atoms. The molecule has 2 aromatic carbocycles. The van der Waals surface area contributed by atoms with Crippen LogP contribution in [-0.2, 0) is 22.7 Å². The highest BCUT2D eigenvalue weighted by molar-refractivity contribution is 6.30. The van der Waals surface area contributed by atoms with Crippen molar-refractivity contribution in [3.63, 3.8) is 0 Å². The van der Waals surface area contributed by atoms with E-state index in [2.05, 4.69) is 5.32 Å². The third-order valence-corrected chi connectivity index (χ3v) is 6.87. The predicted molar refractivity (Wildman–Crippen MR) is 139 cm³/mol. The van der Waals surface area contributed by atoms with Crippen LogP contribution in [0, 0.1) is 0 Å². The number of halogens is 1. The first-order valence-corrected chi connectivity index (χ1v) is 13.0. The van der Waals surface area contributed by atoms with E-state index in [0.717, 1.165) is 24.0 Å². The van der Waals surface area contributed by atoms with E-state index < -0.39 is 12.2 Å². The van der Waals surface area contributed by atoms with Gasteiger partial charge in [0.2, 0.25) is 11.8 Å². The number of hydrogen-bond donors (Lipinski definition) is 1. The Balaban J connectivity index is 1.63. The predicted octanol–water partition coefficient (Wildman–Crippen LogP) is 3.86. The number of rotatable bonds is 8. The molecule has 2 aromatic rings. The molecule has 2 fully saturated rings. The van der Waals surface area contributed by atoms with Crippen molar-refractivity contribution in [2.45, 2.75) is 58.4 Å². The highest BCUT2D eigenvalue weighted by Gasteiger charge is 2.50. The maximum absolute atomic E-state index is 13.6. The van der Waals surface area contributed by atoms with Gasteiger partial charge in [-0.3, -0.25) is 9.59 Å². The molecule has 4 amide bonds. The summed E-state index contributed by atoms with van der Waals surface area (Å²) in [5.41, 5.74) is 1.90. The first-order valence-electron chi connectivity index (χ1n) is 12.6. The van der Waals surface area contributed by atoms with Crippen molar-refractivity contribution in [2.75, 3.05) is 19.6 Å². The molecule has 2 heterocycles. The van der Waals surface area contributed by atoms with Gasteiger partial charge in [0.15, 0.2) is 0 Å². The Bertz CT molecular complexity index is 1080. The molecule has 1 N–H and O–H groups in total. The van der Waals surface area contributed by atoms with E-state index in [9.17, 15) is 14.4 Å². The second-order valence-corrected chi connectivity index (χ2v) is 9.75. The Morgan fingerprint density at radius 1 is 1.03 bits per heavy atom. The molecule has 2 atom stereocenters. The van der Waals surface area contributed by atoms with Crippen molar-refractivity contribution >= 4 is 29.4 Å². The largest absolute Gasteiger partial charge is 0.334 e. The lowest BCUT2D eigenvalue weighted by molar-refractivity contribution is -0.191. The average Bonchev–Trinajstić information content (AvgIpc) is 2.86. The van der Waals surface area contributed by atoms with E-state index in [1.165, 1.54) is 0 Å². The molecule has 0 aromatic heterocycles. The van der Waals surface area contributed by atoms with Gasteiger partial charge in [0.05, 0.1) is 13.1 Å². The van der Waals surface area contributed by atoms with Crippen LogP contribution in [-0.4, -0.2) is 69.5 Å². The number of fused-ring (bicyclic) bond motifs is 1. The van der Waals surface area contributed by atoms with Crippen molar-refractivity contribution in [1.82, 2.24) is 25.1 Å². The monoisotopic (exact) mass is 511 g/mol. The number of nitrogens with zero attached hydrogens (tertiary/aromatic N) is 4. The van der Waals surface area contributed by atoms with E-state index in [4.69, 9.17) is 11.6 Å². The minimum atomic E-state index is -0.603. The van der Waals surface area contributed by atoms with Crippen molar-refractivity contribution in [1.29, 1.82) is 0 Å². The van der Waals surface area contributed by atoms with Gasteiger partial charge < -0.3 is 15.1 Å². The van der Waals surface area contributed by atoms with Crippen LogP contribution in [0.2, 0.25) is 5.02 Å². The summed E-state index contributed by atoms with van der Waals surface area (Å²) >= 11 is 6.19. The smallest absolute Gasteiger partial charge is 0.333 e. The van der Waals surface area contributed by atoms with Crippen LogP contribution >= 0.6 is 11.6 Å². The van der Waals surface area contributed by atoms with Gasteiger partial charge in [-0.25, -0.2) is 14.8 Å². The van der Waals surface area contributed by atoms with Gasteiger partial charge in [-0.2, -0.15) is 0 Å². The highest BCUT2D eigenvalue weighted by atomic mass is 35.5. The minimum Gasteiger partial charge on any atom is -0.333 e. The summed E-state index contributed by atoms with van der Waals surface area (Å²) in [5.74, 6) is -0.204. The molecule has 0 saturated carbocycles. The van der Waals surface area contributed by atoms with Crippen LogP contribution < -0.4 is 5.32 Å². The molecule has 9 heteroatoms. The zero-order valence-corrected chi connectivity index (χ0v) is 21.7. The fourth-order valence-corrected chi connectivity index (χ4v) is 5.26. The lowest BCUT2D eigenvalue weighted by Gasteiger charge is -2.55. The van der Waals surface area contributed by atoms with Gasteiger partial charge in [-0.05, 0) is 36.1 Å². The van der Waals surface area contributed by atoms with Gasteiger partial charge in [-0.1, -0.05) is 74.3 Å². The molecule has 0 radical (unpaired) electrons. The molecule has 8 nitrogen and oxygen atoms in total. The number of carbonyl (C=O) groups is 3. The van der Waals surface area contributed by atoms with Crippen molar-refractivity contribution in [3.05, 3.63) is 70.7 Å². The number of hydrazine groups is 1. The molecule has 192 valence electrons. The van der Waals surface area contributed by atoms with Crippen molar-refractivity contribution < 1.29 is 14.4 Å². The van der Waals surface area contributed by atoms with Crippen LogP contribution in [0.5, 0.6) is 0 Å². The molecule has 0 bridgehead atoms. The first kappa shape index (κ1) is 26.0. The summed E-state index contributed by atoms with van der Waals surface area (Å²) in [6.07, 6.45) is 1.49. The molecule has 2 aliphatic heterocycles. The number of carbonyl (C=O) groups excluding carboxylic acids is 3. The molecule has 2 aliphatic rings. The number of nitrogens with one attached hydrogen (secondary N) is 1. The molecule has 0 aliphatic carbocycles. The van der Waals surface area contributed by atoms with Crippen LogP contribution in [0.3, 0.4) is 0 Å². The van der Waals surface area contributed by atoms with E-state index in [-0.39, 0.29) is 30.9 Å². The van der Waals surface area contributed by atoms with Crippen LogP contribution in [0.1, 0.15) is 44.2 Å². The number of urea groups is 1. The second kappa shape index (κ2) is 11.8. The number of hydrogen-bond acceptors (Lipinski definition) is 4. The normalized spacial score (nSPS) is 20.5. The fourth-order valence-electron chi connectivity index (χ4n) is 5.05. The summed E-state index contributed by atoms with van der Waals surface area (Å²) in [6, 6.07) is 16.3. The van der Waals surface area contributed by atoms with Crippen molar-refractivity contribution in [3.8, 4) is 0 Å². The summed E-state index contributed by atoms with van der Waals surface area (Å²) < 4.78 is 0. The van der Waals surface area contributed by atoms with Gasteiger partial charge in [0, 0.05) is 24.7 Å². The maximum Gasteiger partial charge on any atom is 0.334 e. The van der Waals surface area contributed by atoms with Gasteiger partial charge in [0.25, 0.3) is 0 Å². The third-order valence-electron chi connectivity index (χ3n) is 6.63. The van der Waals surface area contributed by atoms with Crippen LogP contribution in [0.25, 0.3) is 0 Å². The summed E-state index contributed by atoms with van der Waals surface area (Å²) in [7, 11) is 0. The third kappa shape index (κ3) is 5.65. The Hall–Kier alpha value is -3.10.